The van der Waals surface area contributed by atoms with E-state index in [9.17, 15) is 0 Å². The minimum atomic E-state index is 0.671. The van der Waals surface area contributed by atoms with Crippen LogP contribution in [0.1, 0.15) is 16.7 Å². The SMILES string of the molecule is CCc1ccc(COc2ccccc2I)s1. The Kier molecular flexibility index (Phi) is 4.23. The summed E-state index contributed by atoms with van der Waals surface area (Å²) in [6, 6.07) is 12.4. The summed E-state index contributed by atoms with van der Waals surface area (Å²) >= 11 is 4.12. The average molecular weight is 344 g/mol. The Morgan fingerprint density at radius 2 is 1.88 bits per heavy atom. The largest absolute Gasteiger partial charge is 0.487 e. The van der Waals surface area contributed by atoms with Gasteiger partial charge in [-0.25, -0.2) is 0 Å². The van der Waals surface area contributed by atoms with Crippen LogP contribution >= 0.6 is 33.9 Å². The minimum absolute atomic E-state index is 0.671. The molecule has 0 unspecified atom stereocenters. The van der Waals surface area contributed by atoms with E-state index >= 15 is 0 Å². The summed E-state index contributed by atoms with van der Waals surface area (Å²) in [4.78, 5) is 2.71. The Labute approximate surface area is 114 Å². The second-order valence-corrected chi connectivity index (χ2v) is 5.86. The van der Waals surface area contributed by atoms with E-state index in [0.29, 0.717) is 6.61 Å². The Balaban J connectivity index is 1.99. The van der Waals surface area contributed by atoms with Gasteiger partial charge in [0, 0.05) is 9.75 Å². The lowest BCUT2D eigenvalue weighted by Crippen LogP contribution is -1.94. The zero-order valence-corrected chi connectivity index (χ0v) is 12.0. The predicted molar refractivity (Wildman–Crippen MR) is 77.2 cm³/mol. The van der Waals surface area contributed by atoms with Crippen LogP contribution in [0.3, 0.4) is 0 Å². The van der Waals surface area contributed by atoms with Gasteiger partial charge in [0.1, 0.15) is 12.4 Å². The third kappa shape index (κ3) is 2.98. The molecule has 1 heterocycles. The Morgan fingerprint density at radius 3 is 2.56 bits per heavy atom. The fourth-order valence-corrected chi connectivity index (χ4v) is 2.81. The van der Waals surface area contributed by atoms with E-state index in [2.05, 4.69) is 47.7 Å². The van der Waals surface area contributed by atoms with Crippen molar-refractivity contribution in [3.63, 3.8) is 0 Å². The molecule has 0 saturated heterocycles. The second kappa shape index (κ2) is 5.68. The molecule has 1 aromatic carbocycles. The Hall–Kier alpha value is -0.550. The molecule has 0 aliphatic heterocycles. The molecular formula is C13H13IOS. The van der Waals surface area contributed by atoms with Gasteiger partial charge in [0.25, 0.3) is 0 Å². The van der Waals surface area contributed by atoms with Crippen molar-refractivity contribution in [2.24, 2.45) is 0 Å². The molecule has 0 fully saturated rings. The molecule has 0 N–H and O–H groups in total. The van der Waals surface area contributed by atoms with Gasteiger partial charge in [-0.15, -0.1) is 11.3 Å². The van der Waals surface area contributed by atoms with Crippen molar-refractivity contribution in [2.45, 2.75) is 20.0 Å². The van der Waals surface area contributed by atoms with Crippen LogP contribution in [0.2, 0.25) is 0 Å². The highest BCUT2D eigenvalue weighted by Crippen LogP contribution is 2.23. The lowest BCUT2D eigenvalue weighted by Gasteiger charge is -2.06. The third-order valence-electron chi connectivity index (χ3n) is 2.27. The average Bonchev–Trinajstić information content (AvgIpc) is 2.76. The van der Waals surface area contributed by atoms with Crippen molar-refractivity contribution >= 4 is 33.9 Å². The van der Waals surface area contributed by atoms with Crippen molar-refractivity contribution < 1.29 is 4.74 Å². The Morgan fingerprint density at radius 1 is 1.12 bits per heavy atom. The summed E-state index contributed by atoms with van der Waals surface area (Å²) in [7, 11) is 0. The predicted octanol–water partition coefficient (Wildman–Crippen LogP) is 4.49. The third-order valence-corrected chi connectivity index (χ3v) is 4.37. The molecule has 0 aliphatic rings. The number of hydrogen-bond donors (Lipinski definition) is 0. The van der Waals surface area contributed by atoms with E-state index in [4.69, 9.17) is 4.74 Å². The zero-order valence-electron chi connectivity index (χ0n) is 9.07. The molecule has 84 valence electrons. The highest BCUT2D eigenvalue weighted by molar-refractivity contribution is 14.1. The van der Waals surface area contributed by atoms with Crippen LogP contribution in [-0.2, 0) is 13.0 Å². The maximum Gasteiger partial charge on any atom is 0.133 e. The first-order valence-corrected chi connectivity index (χ1v) is 7.14. The van der Waals surface area contributed by atoms with E-state index < -0.39 is 0 Å². The first-order chi connectivity index (χ1) is 7.79. The number of halogens is 1. The monoisotopic (exact) mass is 344 g/mol. The Bertz CT molecular complexity index is 464. The van der Waals surface area contributed by atoms with Crippen LogP contribution in [0.4, 0.5) is 0 Å². The quantitative estimate of drug-likeness (QED) is 0.743. The lowest BCUT2D eigenvalue weighted by atomic mass is 10.3. The van der Waals surface area contributed by atoms with Gasteiger partial charge < -0.3 is 4.74 Å². The van der Waals surface area contributed by atoms with Crippen molar-refractivity contribution in [2.75, 3.05) is 0 Å². The van der Waals surface area contributed by atoms with Crippen LogP contribution in [0.15, 0.2) is 36.4 Å². The van der Waals surface area contributed by atoms with Crippen LogP contribution < -0.4 is 4.74 Å². The van der Waals surface area contributed by atoms with Crippen molar-refractivity contribution in [3.05, 3.63) is 49.7 Å². The molecule has 0 saturated carbocycles. The van der Waals surface area contributed by atoms with Gasteiger partial charge in [0.15, 0.2) is 0 Å². The summed E-state index contributed by atoms with van der Waals surface area (Å²) in [5.41, 5.74) is 0. The van der Waals surface area contributed by atoms with Crippen LogP contribution in [0, 0.1) is 3.57 Å². The molecule has 1 aromatic heterocycles. The van der Waals surface area contributed by atoms with E-state index in [1.54, 1.807) is 0 Å². The number of benzene rings is 1. The van der Waals surface area contributed by atoms with Crippen LogP contribution in [0.5, 0.6) is 5.75 Å². The number of thiophene rings is 1. The van der Waals surface area contributed by atoms with E-state index in [1.807, 2.05) is 29.5 Å². The number of rotatable bonds is 4. The number of hydrogen-bond acceptors (Lipinski definition) is 2. The highest BCUT2D eigenvalue weighted by Gasteiger charge is 2.02. The van der Waals surface area contributed by atoms with Crippen LogP contribution in [-0.4, -0.2) is 0 Å². The van der Waals surface area contributed by atoms with Gasteiger partial charge in [0.2, 0.25) is 0 Å². The van der Waals surface area contributed by atoms with Crippen molar-refractivity contribution in [1.29, 1.82) is 0 Å². The second-order valence-electron chi connectivity index (χ2n) is 3.44. The lowest BCUT2D eigenvalue weighted by molar-refractivity contribution is 0.307. The van der Waals surface area contributed by atoms with Gasteiger partial charge in [-0.3, -0.25) is 0 Å². The van der Waals surface area contributed by atoms with Crippen LogP contribution in [0.25, 0.3) is 0 Å². The van der Waals surface area contributed by atoms with E-state index in [-0.39, 0.29) is 0 Å². The molecule has 2 rings (SSSR count). The van der Waals surface area contributed by atoms with Gasteiger partial charge in [-0.2, -0.15) is 0 Å². The fraction of sp³-hybridized carbons (Fsp3) is 0.231. The fourth-order valence-electron chi connectivity index (χ4n) is 1.40. The number of aryl methyl sites for hydroxylation is 1. The van der Waals surface area contributed by atoms with Gasteiger partial charge >= 0.3 is 0 Å². The zero-order chi connectivity index (χ0) is 11.4. The molecule has 3 heteroatoms. The molecule has 0 atom stereocenters. The molecule has 16 heavy (non-hydrogen) atoms. The van der Waals surface area contributed by atoms with E-state index in [1.165, 1.54) is 9.75 Å². The summed E-state index contributed by atoms with van der Waals surface area (Å²) < 4.78 is 6.94. The summed E-state index contributed by atoms with van der Waals surface area (Å²) in [5.74, 6) is 0.967. The smallest absolute Gasteiger partial charge is 0.133 e. The van der Waals surface area contributed by atoms with E-state index in [0.717, 1.165) is 15.7 Å². The maximum absolute atomic E-state index is 5.78. The first kappa shape index (κ1) is 11.9. The highest BCUT2D eigenvalue weighted by atomic mass is 127. The normalized spacial score (nSPS) is 10.4. The van der Waals surface area contributed by atoms with Gasteiger partial charge in [-0.05, 0) is 53.3 Å². The topological polar surface area (TPSA) is 9.23 Å². The summed E-state index contributed by atoms with van der Waals surface area (Å²) in [6.45, 7) is 2.85. The summed E-state index contributed by atoms with van der Waals surface area (Å²) in [6.07, 6.45) is 1.10. The number of para-hydroxylation sites is 1. The van der Waals surface area contributed by atoms with Crippen molar-refractivity contribution in [3.8, 4) is 5.75 Å². The number of ether oxygens (including phenoxy) is 1. The molecule has 2 aromatic rings. The van der Waals surface area contributed by atoms with Gasteiger partial charge in [0.05, 0.1) is 3.57 Å². The molecule has 1 nitrogen and oxygen atoms in total. The molecule has 0 amide bonds. The maximum atomic E-state index is 5.78. The molecule has 0 radical (unpaired) electrons. The summed E-state index contributed by atoms with van der Waals surface area (Å²) in [5, 5.41) is 0. The first-order valence-electron chi connectivity index (χ1n) is 5.24. The van der Waals surface area contributed by atoms with Gasteiger partial charge in [-0.1, -0.05) is 19.1 Å². The van der Waals surface area contributed by atoms with Crippen molar-refractivity contribution in [1.82, 2.24) is 0 Å². The molecule has 0 bridgehead atoms. The molecule has 0 spiro atoms. The molecular weight excluding hydrogens is 331 g/mol. The molecule has 0 aliphatic carbocycles. The minimum Gasteiger partial charge on any atom is -0.487 e. The standard InChI is InChI=1S/C13H13IOS/c1-2-10-7-8-11(16-10)9-15-13-6-4-3-5-12(13)14/h3-8H,2,9H2,1H3.